The molecule has 0 bridgehead atoms. The molecule has 0 saturated carbocycles. The van der Waals surface area contributed by atoms with Gasteiger partial charge in [-0.3, -0.25) is 4.79 Å². The molecule has 0 atom stereocenters. The summed E-state index contributed by atoms with van der Waals surface area (Å²) in [6.45, 7) is 1.95. The highest BCUT2D eigenvalue weighted by atomic mass is 16.5. The fourth-order valence-corrected chi connectivity index (χ4v) is 1.04. The maximum Gasteiger partial charge on any atom is 0.342 e. The van der Waals surface area contributed by atoms with Crippen molar-refractivity contribution in [3.05, 3.63) is 28.2 Å². The van der Waals surface area contributed by atoms with Gasteiger partial charge in [0.2, 0.25) is 0 Å². The second-order valence-corrected chi connectivity index (χ2v) is 2.47. The Kier molecular flexibility index (Phi) is 3.28. The summed E-state index contributed by atoms with van der Waals surface area (Å²) in [5.41, 5.74) is -0.309. The van der Waals surface area contributed by atoms with Crippen molar-refractivity contribution in [2.24, 2.45) is 0 Å². The van der Waals surface area contributed by atoms with Crippen molar-refractivity contribution < 1.29 is 14.3 Å². The lowest BCUT2D eigenvalue weighted by Crippen LogP contribution is -2.15. The van der Waals surface area contributed by atoms with Gasteiger partial charge in [0.1, 0.15) is 5.56 Å². The fourth-order valence-electron chi connectivity index (χ4n) is 1.04. The first-order valence-electron chi connectivity index (χ1n) is 4.13. The number of methoxy groups -OCH3 is 1. The second kappa shape index (κ2) is 4.45. The van der Waals surface area contributed by atoms with E-state index in [1.807, 2.05) is 0 Å². The number of aromatic amines is 1. The van der Waals surface area contributed by atoms with Crippen LogP contribution in [0.4, 0.5) is 0 Å². The maximum atomic E-state index is 11.3. The van der Waals surface area contributed by atoms with Crippen LogP contribution in [0, 0.1) is 0 Å². The Morgan fingerprint density at radius 2 is 2.29 bits per heavy atom. The van der Waals surface area contributed by atoms with E-state index in [0.29, 0.717) is 0 Å². The Morgan fingerprint density at radius 3 is 2.86 bits per heavy atom. The minimum Gasteiger partial charge on any atom is -0.490 e. The SMILES string of the molecule is CCOC(=O)c1cc[nH]c(=O)c1OC. The van der Waals surface area contributed by atoms with Gasteiger partial charge in [-0.1, -0.05) is 0 Å². The molecule has 14 heavy (non-hydrogen) atoms. The molecule has 0 aliphatic heterocycles. The van der Waals surface area contributed by atoms with Crippen molar-refractivity contribution in [2.75, 3.05) is 13.7 Å². The molecule has 0 aliphatic rings. The lowest BCUT2D eigenvalue weighted by Gasteiger charge is -2.05. The minimum atomic E-state index is -0.560. The molecule has 1 N–H and O–H groups in total. The summed E-state index contributed by atoms with van der Waals surface area (Å²) in [7, 11) is 1.33. The number of H-pyrrole nitrogens is 1. The van der Waals surface area contributed by atoms with Crippen LogP contribution >= 0.6 is 0 Å². The molecule has 1 aromatic heterocycles. The van der Waals surface area contributed by atoms with Gasteiger partial charge in [0.25, 0.3) is 5.56 Å². The number of carbonyl (C=O) groups excluding carboxylic acids is 1. The molecule has 0 aliphatic carbocycles. The Morgan fingerprint density at radius 1 is 1.57 bits per heavy atom. The molecule has 0 amide bonds. The smallest absolute Gasteiger partial charge is 0.342 e. The van der Waals surface area contributed by atoms with Gasteiger partial charge in [-0.2, -0.15) is 0 Å². The van der Waals surface area contributed by atoms with Crippen LogP contribution in [0.2, 0.25) is 0 Å². The predicted molar refractivity (Wildman–Crippen MR) is 49.6 cm³/mol. The van der Waals surface area contributed by atoms with Gasteiger partial charge in [0, 0.05) is 6.20 Å². The van der Waals surface area contributed by atoms with E-state index in [1.165, 1.54) is 19.4 Å². The highest BCUT2D eigenvalue weighted by Crippen LogP contribution is 2.11. The lowest BCUT2D eigenvalue weighted by molar-refractivity contribution is 0.0522. The predicted octanol–water partition coefficient (Wildman–Crippen LogP) is 0.560. The molecule has 1 rings (SSSR count). The van der Waals surface area contributed by atoms with E-state index in [0.717, 1.165) is 0 Å². The highest BCUT2D eigenvalue weighted by molar-refractivity contribution is 5.92. The monoisotopic (exact) mass is 197 g/mol. The first kappa shape index (κ1) is 10.3. The summed E-state index contributed by atoms with van der Waals surface area (Å²) < 4.78 is 9.55. The standard InChI is InChI=1S/C9H11NO4/c1-3-14-9(12)6-4-5-10-8(11)7(6)13-2/h4-5H,3H2,1-2H3,(H,10,11). The molecule has 5 heteroatoms. The molecule has 1 aromatic rings. The lowest BCUT2D eigenvalue weighted by atomic mass is 10.2. The average Bonchev–Trinajstić information content (AvgIpc) is 2.17. The van der Waals surface area contributed by atoms with Gasteiger partial charge in [-0.05, 0) is 13.0 Å². The van der Waals surface area contributed by atoms with Gasteiger partial charge in [0.05, 0.1) is 13.7 Å². The van der Waals surface area contributed by atoms with Gasteiger partial charge < -0.3 is 14.5 Å². The van der Waals surface area contributed by atoms with Crippen molar-refractivity contribution in [3.63, 3.8) is 0 Å². The van der Waals surface area contributed by atoms with Crippen LogP contribution in [0.5, 0.6) is 5.75 Å². The molecule has 0 radical (unpaired) electrons. The quantitative estimate of drug-likeness (QED) is 0.719. The van der Waals surface area contributed by atoms with E-state index in [-0.39, 0.29) is 17.9 Å². The fraction of sp³-hybridized carbons (Fsp3) is 0.333. The zero-order valence-electron chi connectivity index (χ0n) is 7.99. The third-order valence-electron chi connectivity index (χ3n) is 1.61. The molecular weight excluding hydrogens is 186 g/mol. The number of pyridine rings is 1. The van der Waals surface area contributed by atoms with Crippen molar-refractivity contribution in [2.45, 2.75) is 6.92 Å². The Bertz CT molecular complexity index is 383. The largest absolute Gasteiger partial charge is 0.490 e. The Hall–Kier alpha value is -1.78. The number of hydrogen-bond donors (Lipinski definition) is 1. The van der Waals surface area contributed by atoms with Gasteiger partial charge in [0.15, 0.2) is 5.75 Å². The molecule has 5 nitrogen and oxygen atoms in total. The number of hydrogen-bond acceptors (Lipinski definition) is 4. The maximum absolute atomic E-state index is 11.3. The third-order valence-corrected chi connectivity index (χ3v) is 1.61. The summed E-state index contributed by atoms with van der Waals surface area (Å²) in [4.78, 5) is 24.9. The molecule has 0 fully saturated rings. The van der Waals surface area contributed by atoms with Crippen LogP contribution in [0.25, 0.3) is 0 Å². The van der Waals surface area contributed by atoms with Crippen LogP contribution in [-0.2, 0) is 4.74 Å². The molecule has 0 aromatic carbocycles. The summed E-state index contributed by atoms with van der Waals surface area (Å²) in [6, 6.07) is 1.44. The van der Waals surface area contributed by atoms with Gasteiger partial charge in [-0.15, -0.1) is 0 Å². The zero-order chi connectivity index (χ0) is 10.6. The summed E-state index contributed by atoms with van der Waals surface area (Å²) in [5.74, 6) is -0.582. The van der Waals surface area contributed by atoms with Gasteiger partial charge in [-0.25, -0.2) is 4.79 Å². The topological polar surface area (TPSA) is 68.4 Å². The third kappa shape index (κ3) is 1.93. The van der Waals surface area contributed by atoms with Crippen LogP contribution < -0.4 is 10.3 Å². The number of esters is 1. The molecule has 1 heterocycles. The van der Waals surface area contributed by atoms with Crippen molar-refractivity contribution in [1.29, 1.82) is 0 Å². The van der Waals surface area contributed by atoms with E-state index < -0.39 is 11.5 Å². The number of carbonyl (C=O) groups is 1. The second-order valence-electron chi connectivity index (χ2n) is 2.47. The van der Waals surface area contributed by atoms with E-state index in [1.54, 1.807) is 6.92 Å². The van der Waals surface area contributed by atoms with Crippen LogP contribution in [-0.4, -0.2) is 24.7 Å². The van der Waals surface area contributed by atoms with Crippen LogP contribution in [0.3, 0.4) is 0 Å². The van der Waals surface area contributed by atoms with E-state index in [9.17, 15) is 9.59 Å². The summed E-state index contributed by atoms with van der Waals surface area (Å²) in [6.07, 6.45) is 1.37. The average molecular weight is 197 g/mol. The van der Waals surface area contributed by atoms with Crippen molar-refractivity contribution in [1.82, 2.24) is 4.98 Å². The first-order valence-corrected chi connectivity index (χ1v) is 4.13. The highest BCUT2D eigenvalue weighted by Gasteiger charge is 2.15. The first-order chi connectivity index (χ1) is 6.70. The number of ether oxygens (including phenoxy) is 2. The molecule has 0 unspecified atom stereocenters. The normalized spacial score (nSPS) is 9.57. The van der Waals surface area contributed by atoms with E-state index >= 15 is 0 Å². The van der Waals surface area contributed by atoms with E-state index in [2.05, 4.69) is 4.98 Å². The summed E-state index contributed by atoms with van der Waals surface area (Å²) >= 11 is 0. The van der Waals surface area contributed by atoms with Crippen molar-refractivity contribution in [3.8, 4) is 5.75 Å². The van der Waals surface area contributed by atoms with Crippen LogP contribution in [0.15, 0.2) is 17.1 Å². The molecule has 0 spiro atoms. The zero-order valence-corrected chi connectivity index (χ0v) is 7.99. The van der Waals surface area contributed by atoms with E-state index in [4.69, 9.17) is 9.47 Å². The van der Waals surface area contributed by atoms with Gasteiger partial charge >= 0.3 is 5.97 Å². The Labute approximate surface area is 80.7 Å². The Balaban J connectivity index is 3.14. The molecule has 76 valence electrons. The minimum absolute atomic E-state index is 0.0223. The molecule has 0 saturated heterocycles. The molecular formula is C9H11NO4. The number of rotatable bonds is 3. The summed E-state index contributed by atoms with van der Waals surface area (Å²) in [5, 5.41) is 0. The number of nitrogens with one attached hydrogen (secondary N) is 1. The van der Waals surface area contributed by atoms with Crippen molar-refractivity contribution >= 4 is 5.97 Å². The van der Waals surface area contributed by atoms with Crippen LogP contribution in [0.1, 0.15) is 17.3 Å². The number of aromatic nitrogens is 1.